The van der Waals surface area contributed by atoms with E-state index in [0.29, 0.717) is 12.1 Å². The van der Waals surface area contributed by atoms with Crippen LogP contribution in [0.15, 0.2) is 18.2 Å². The third-order valence-corrected chi connectivity index (χ3v) is 3.50. The zero-order chi connectivity index (χ0) is 13.4. The first-order chi connectivity index (χ1) is 8.63. The Labute approximate surface area is 112 Å². The van der Waals surface area contributed by atoms with Crippen LogP contribution in [0.3, 0.4) is 0 Å². The van der Waals surface area contributed by atoms with Crippen molar-refractivity contribution < 1.29 is 9.90 Å². The molecule has 1 aromatic rings. The fourth-order valence-corrected chi connectivity index (χ4v) is 2.22. The third kappa shape index (κ3) is 5.42. The number of hydrogen-bond donors (Lipinski definition) is 3. The van der Waals surface area contributed by atoms with Gasteiger partial charge < -0.3 is 16.2 Å². The molecule has 5 heteroatoms. The van der Waals surface area contributed by atoms with Crippen LogP contribution in [-0.2, 0) is 4.79 Å². The summed E-state index contributed by atoms with van der Waals surface area (Å²) in [6.45, 7) is 2.12. The minimum Gasteiger partial charge on any atom is -0.399 e. The maximum absolute atomic E-state index is 11.7. The lowest BCUT2D eigenvalue weighted by Crippen LogP contribution is -2.12. The highest BCUT2D eigenvalue weighted by Crippen LogP contribution is 2.18. The van der Waals surface area contributed by atoms with Gasteiger partial charge in [-0.25, -0.2) is 0 Å². The monoisotopic (exact) mass is 268 g/mol. The number of nitrogen functional groups attached to an aromatic ring is 1. The highest BCUT2D eigenvalue weighted by atomic mass is 32.2. The zero-order valence-corrected chi connectivity index (χ0v) is 11.4. The van der Waals surface area contributed by atoms with Gasteiger partial charge >= 0.3 is 0 Å². The van der Waals surface area contributed by atoms with Gasteiger partial charge in [0, 0.05) is 23.5 Å². The van der Waals surface area contributed by atoms with E-state index in [1.807, 2.05) is 19.1 Å². The van der Waals surface area contributed by atoms with Gasteiger partial charge in [-0.3, -0.25) is 4.79 Å². The first kappa shape index (κ1) is 14.9. The minimum atomic E-state index is 0.0208. The number of benzene rings is 1. The van der Waals surface area contributed by atoms with Gasteiger partial charge in [0.25, 0.3) is 0 Å². The van der Waals surface area contributed by atoms with E-state index in [4.69, 9.17) is 10.8 Å². The van der Waals surface area contributed by atoms with E-state index in [0.717, 1.165) is 29.2 Å². The molecule has 0 unspecified atom stereocenters. The molecular weight excluding hydrogens is 248 g/mol. The van der Waals surface area contributed by atoms with Gasteiger partial charge in [-0.15, -0.1) is 0 Å². The Morgan fingerprint density at radius 3 is 2.89 bits per heavy atom. The molecule has 1 rings (SSSR count). The predicted molar refractivity (Wildman–Crippen MR) is 77.9 cm³/mol. The molecule has 0 aromatic heterocycles. The Bertz CT molecular complexity index is 397. The number of nitrogens with one attached hydrogen (secondary N) is 1. The van der Waals surface area contributed by atoms with Gasteiger partial charge in [-0.2, -0.15) is 11.8 Å². The van der Waals surface area contributed by atoms with Crippen molar-refractivity contribution in [2.24, 2.45) is 0 Å². The number of aliphatic hydroxyl groups excluding tert-OH is 1. The van der Waals surface area contributed by atoms with Gasteiger partial charge in [0.15, 0.2) is 0 Å². The Kier molecular flexibility index (Phi) is 6.60. The lowest BCUT2D eigenvalue weighted by Gasteiger charge is -2.08. The summed E-state index contributed by atoms with van der Waals surface area (Å²) in [5.74, 6) is 1.65. The Morgan fingerprint density at radius 1 is 1.44 bits per heavy atom. The number of nitrogens with two attached hydrogens (primary N) is 1. The Hall–Kier alpha value is -1.20. The smallest absolute Gasteiger partial charge is 0.224 e. The van der Waals surface area contributed by atoms with Crippen molar-refractivity contribution in [3.63, 3.8) is 0 Å². The molecule has 0 spiro atoms. The molecule has 1 aromatic carbocycles. The maximum atomic E-state index is 11.7. The second kappa shape index (κ2) is 8.00. The van der Waals surface area contributed by atoms with Crippen molar-refractivity contribution in [1.82, 2.24) is 0 Å². The molecule has 0 aliphatic heterocycles. The molecule has 0 aliphatic rings. The van der Waals surface area contributed by atoms with Crippen LogP contribution in [0, 0.1) is 6.92 Å². The number of aliphatic hydroxyl groups is 1. The van der Waals surface area contributed by atoms with Gasteiger partial charge in [0.2, 0.25) is 5.91 Å². The molecule has 0 saturated carbocycles. The summed E-state index contributed by atoms with van der Waals surface area (Å²) < 4.78 is 0. The van der Waals surface area contributed by atoms with Crippen LogP contribution in [0.4, 0.5) is 11.4 Å². The average molecular weight is 268 g/mol. The highest BCUT2D eigenvalue weighted by molar-refractivity contribution is 7.99. The summed E-state index contributed by atoms with van der Waals surface area (Å²) in [6, 6.07) is 5.44. The topological polar surface area (TPSA) is 75.3 Å². The van der Waals surface area contributed by atoms with E-state index < -0.39 is 0 Å². The first-order valence-electron chi connectivity index (χ1n) is 5.98. The molecule has 100 valence electrons. The zero-order valence-electron chi connectivity index (χ0n) is 10.6. The molecule has 18 heavy (non-hydrogen) atoms. The van der Waals surface area contributed by atoms with E-state index in [1.165, 1.54) is 0 Å². The van der Waals surface area contributed by atoms with Crippen LogP contribution in [0.1, 0.15) is 18.4 Å². The van der Waals surface area contributed by atoms with Crippen molar-refractivity contribution >= 4 is 29.0 Å². The molecule has 4 nitrogen and oxygen atoms in total. The van der Waals surface area contributed by atoms with Crippen LogP contribution in [0.25, 0.3) is 0 Å². The van der Waals surface area contributed by atoms with Crippen molar-refractivity contribution in [3.8, 4) is 0 Å². The number of rotatable bonds is 7. The Morgan fingerprint density at radius 2 is 2.22 bits per heavy atom. The molecule has 0 fully saturated rings. The largest absolute Gasteiger partial charge is 0.399 e. The summed E-state index contributed by atoms with van der Waals surface area (Å²) in [6.07, 6.45) is 1.33. The molecule has 0 aliphatic carbocycles. The van der Waals surface area contributed by atoms with Crippen LogP contribution < -0.4 is 11.1 Å². The summed E-state index contributed by atoms with van der Waals surface area (Å²) in [5.41, 5.74) is 8.14. The van der Waals surface area contributed by atoms with E-state index in [-0.39, 0.29) is 12.5 Å². The number of anilines is 2. The van der Waals surface area contributed by atoms with Crippen molar-refractivity contribution in [2.75, 3.05) is 29.2 Å². The number of aryl methyl sites for hydroxylation is 1. The van der Waals surface area contributed by atoms with Crippen molar-refractivity contribution in [3.05, 3.63) is 23.8 Å². The normalized spacial score (nSPS) is 10.3. The second-order valence-electron chi connectivity index (χ2n) is 4.06. The molecule has 0 heterocycles. The summed E-state index contributed by atoms with van der Waals surface area (Å²) in [5, 5.41) is 11.5. The molecular formula is C13H20N2O2S. The fraction of sp³-hybridized carbons (Fsp3) is 0.462. The number of carbonyl (C=O) groups excluding carboxylic acids is 1. The van der Waals surface area contributed by atoms with Crippen molar-refractivity contribution in [2.45, 2.75) is 19.8 Å². The third-order valence-electron chi connectivity index (χ3n) is 2.45. The fourth-order valence-electron chi connectivity index (χ4n) is 1.54. The quantitative estimate of drug-likeness (QED) is 0.522. The van der Waals surface area contributed by atoms with E-state index in [9.17, 15) is 4.79 Å². The van der Waals surface area contributed by atoms with E-state index in [1.54, 1.807) is 17.8 Å². The van der Waals surface area contributed by atoms with E-state index >= 15 is 0 Å². The van der Waals surface area contributed by atoms with Gasteiger partial charge in [-0.05, 0) is 42.9 Å². The standard InChI is InChI=1S/C13H20N2O2S/c1-10-9-11(14)4-5-12(10)15-13(17)3-2-7-18-8-6-16/h4-5,9,16H,2-3,6-8,14H2,1H3,(H,15,17). The van der Waals surface area contributed by atoms with Crippen molar-refractivity contribution in [1.29, 1.82) is 0 Å². The molecule has 1 amide bonds. The lowest BCUT2D eigenvalue weighted by molar-refractivity contribution is -0.116. The summed E-state index contributed by atoms with van der Waals surface area (Å²) >= 11 is 1.66. The highest BCUT2D eigenvalue weighted by Gasteiger charge is 2.04. The number of amides is 1. The van der Waals surface area contributed by atoms with Gasteiger partial charge in [-0.1, -0.05) is 0 Å². The number of thioether (sulfide) groups is 1. The summed E-state index contributed by atoms with van der Waals surface area (Å²) in [7, 11) is 0. The Balaban J connectivity index is 2.31. The maximum Gasteiger partial charge on any atom is 0.224 e. The summed E-state index contributed by atoms with van der Waals surface area (Å²) in [4.78, 5) is 11.7. The molecule has 0 saturated heterocycles. The SMILES string of the molecule is Cc1cc(N)ccc1NC(=O)CCCSCCO. The van der Waals surface area contributed by atoms with Crippen LogP contribution in [0.5, 0.6) is 0 Å². The van der Waals surface area contributed by atoms with Crippen LogP contribution in [-0.4, -0.2) is 29.1 Å². The van der Waals surface area contributed by atoms with Crippen LogP contribution >= 0.6 is 11.8 Å². The minimum absolute atomic E-state index is 0.0208. The molecule has 0 radical (unpaired) electrons. The average Bonchev–Trinajstić information content (AvgIpc) is 2.32. The number of hydrogen-bond acceptors (Lipinski definition) is 4. The van der Waals surface area contributed by atoms with Gasteiger partial charge in [0.1, 0.15) is 0 Å². The predicted octanol–water partition coefficient (Wildman–Crippen LogP) is 2.02. The first-order valence-corrected chi connectivity index (χ1v) is 7.13. The molecule has 0 bridgehead atoms. The second-order valence-corrected chi connectivity index (χ2v) is 5.29. The van der Waals surface area contributed by atoms with Gasteiger partial charge in [0.05, 0.1) is 6.61 Å². The number of carbonyl (C=O) groups is 1. The molecule has 4 N–H and O–H groups in total. The molecule has 0 atom stereocenters. The van der Waals surface area contributed by atoms with Crippen LogP contribution in [0.2, 0.25) is 0 Å². The van der Waals surface area contributed by atoms with E-state index in [2.05, 4.69) is 5.32 Å². The lowest BCUT2D eigenvalue weighted by atomic mass is 10.1.